The molecule has 0 aromatic heterocycles. The summed E-state index contributed by atoms with van der Waals surface area (Å²) in [6.07, 6.45) is 4.62. The van der Waals surface area contributed by atoms with E-state index >= 15 is 0 Å². The number of thioether (sulfide) groups is 1. The van der Waals surface area contributed by atoms with Crippen LogP contribution in [0.4, 0.5) is 4.79 Å². The van der Waals surface area contributed by atoms with Crippen molar-refractivity contribution in [1.82, 2.24) is 15.1 Å². The summed E-state index contributed by atoms with van der Waals surface area (Å²) >= 11 is 1.50. The molecule has 2 aliphatic rings. The normalized spacial score (nSPS) is 19.1. The number of rotatable bonds is 10. The summed E-state index contributed by atoms with van der Waals surface area (Å²) in [7, 11) is 0. The van der Waals surface area contributed by atoms with Crippen molar-refractivity contribution < 1.29 is 14.4 Å². The number of nitrogens with one attached hydrogen (secondary N) is 1. The third-order valence-corrected chi connectivity index (χ3v) is 7.99. The van der Waals surface area contributed by atoms with Crippen LogP contribution in [0.5, 0.6) is 0 Å². The molecule has 2 heterocycles. The molecule has 36 heavy (non-hydrogen) atoms. The molecule has 2 aromatic carbocycles. The molecule has 0 radical (unpaired) electrons. The Morgan fingerprint density at radius 1 is 0.972 bits per heavy atom. The van der Waals surface area contributed by atoms with E-state index in [1.54, 1.807) is 0 Å². The maximum absolute atomic E-state index is 13.4. The molecule has 1 fully saturated rings. The van der Waals surface area contributed by atoms with Gasteiger partial charge in [-0.3, -0.25) is 14.5 Å². The molecule has 2 aromatic rings. The molecule has 190 valence electrons. The van der Waals surface area contributed by atoms with E-state index in [2.05, 4.69) is 30.4 Å². The van der Waals surface area contributed by atoms with Gasteiger partial charge in [-0.2, -0.15) is 0 Å². The second-order valence-electron chi connectivity index (χ2n) is 9.78. The van der Waals surface area contributed by atoms with Crippen molar-refractivity contribution in [3.05, 3.63) is 81.8 Å². The Kier molecular flexibility index (Phi) is 8.52. The lowest BCUT2D eigenvalue weighted by Crippen LogP contribution is -2.61. The minimum atomic E-state index is -0.277. The predicted molar refractivity (Wildman–Crippen MR) is 144 cm³/mol. The number of imide groups is 1. The number of nitrogens with zero attached hydrogens (tertiary/aromatic N) is 2. The van der Waals surface area contributed by atoms with Crippen molar-refractivity contribution in [2.45, 2.75) is 70.8 Å². The third kappa shape index (κ3) is 6.19. The molecule has 1 saturated heterocycles. The van der Waals surface area contributed by atoms with Gasteiger partial charge in [0.2, 0.25) is 11.8 Å². The van der Waals surface area contributed by atoms with Gasteiger partial charge in [-0.15, -0.1) is 11.8 Å². The van der Waals surface area contributed by atoms with Gasteiger partial charge in [0.15, 0.2) is 0 Å². The monoisotopic (exact) mass is 505 g/mol. The first-order valence-electron chi connectivity index (χ1n) is 12.7. The SMILES string of the molecule is Cc1ccc(CNC(=O)CCCCCN2C(=O)C3SC=CC3N(Cc3cc(C)ccc3C)C2=O)cc1. The van der Waals surface area contributed by atoms with Crippen molar-refractivity contribution in [3.8, 4) is 0 Å². The molecule has 0 bridgehead atoms. The van der Waals surface area contributed by atoms with E-state index in [4.69, 9.17) is 0 Å². The number of hydrogen-bond acceptors (Lipinski definition) is 4. The predicted octanol–water partition coefficient (Wildman–Crippen LogP) is 5.25. The highest BCUT2D eigenvalue weighted by Crippen LogP contribution is 2.35. The zero-order chi connectivity index (χ0) is 25.7. The van der Waals surface area contributed by atoms with Crippen LogP contribution in [0.3, 0.4) is 0 Å². The first-order chi connectivity index (χ1) is 17.3. The zero-order valence-electron chi connectivity index (χ0n) is 21.3. The maximum atomic E-state index is 13.4. The van der Waals surface area contributed by atoms with Gasteiger partial charge in [-0.25, -0.2) is 4.79 Å². The number of aryl methyl sites for hydroxylation is 3. The highest BCUT2D eigenvalue weighted by atomic mass is 32.2. The van der Waals surface area contributed by atoms with Gasteiger partial charge >= 0.3 is 6.03 Å². The van der Waals surface area contributed by atoms with Crippen molar-refractivity contribution in [3.63, 3.8) is 0 Å². The molecule has 4 rings (SSSR count). The van der Waals surface area contributed by atoms with Crippen LogP contribution in [-0.2, 0) is 22.7 Å². The fourth-order valence-electron chi connectivity index (χ4n) is 4.65. The van der Waals surface area contributed by atoms with Crippen LogP contribution < -0.4 is 5.32 Å². The number of hydrogen-bond donors (Lipinski definition) is 1. The van der Waals surface area contributed by atoms with Crippen molar-refractivity contribution in [2.24, 2.45) is 0 Å². The lowest BCUT2D eigenvalue weighted by Gasteiger charge is -2.41. The van der Waals surface area contributed by atoms with Gasteiger partial charge in [0.1, 0.15) is 5.25 Å². The second kappa shape index (κ2) is 11.8. The number of benzene rings is 2. The Morgan fingerprint density at radius 2 is 1.72 bits per heavy atom. The van der Waals surface area contributed by atoms with E-state index in [0.29, 0.717) is 32.5 Å². The first kappa shape index (κ1) is 26.0. The summed E-state index contributed by atoms with van der Waals surface area (Å²) in [5.41, 5.74) is 5.69. The molecular formula is C29H35N3O3S. The number of urea groups is 1. The van der Waals surface area contributed by atoms with Gasteiger partial charge < -0.3 is 10.2 Å². The number of amides is 4. The van der Waals surface area contributed by atoms with Crippen molar-refractivity contribution in [2.75, 3.05) is 6.54 Å². The van der Waals surface area contributed by atoms with Crippen molar-refractivity contribution in [1.29, 1.82) is 0 Å². The summed E-state index contributed by atoms with van der Waals surface area (Å²) < 4.78 is 0. The molecule has 6 nitrogen and oxygen atoms in total. The Morgan fingerprint density at radius 3 is 2.50 bits per heavy atom. The van der Waals surface area contributed by atoms with Gasteiger partial charge in [0.05, 0.1) is 6.04 Å². The summed E-state index contributed by atoms with van der Waals surface area (Å²) in [6, 6.07) is 14.0. The topological polar surface area (TPSA) is 69.7 Å². The fourth-order valence-corrected chi connectivity index (χ4v) is 5.72. The minimum absolute atomic E-state index is 0.0247. The molecule has 1 N–H and O–H groups in total. The smallest absolute Gasteiger partial charge is 0.327 e. The van der Waals surface area contributed by atoms with Crippen LogP contribution in [0.15, 0.2) is 53.9 Å². The fraction of sp³-hybridized carbons (Fsp3) is 0.414. The summed E-state index contributed by atoms with van der Waals surface area (Å²) in [5, 5.41) is 4.62. The molecule has 4 amide bonds. The maximum Gasteiger partial charge on any atom is 0.327 e. The molecule has 2 aliphatic heterocycles. The minimum Gasteiger partial charge on any atom is -0.352 e. The Bertz CT molecular complexity index is 1140. The second-order valence-corrected chi connectivity index (χ2v) is 10.8. The zero-order valence-corrected chi connectivity index (χ0v) is 22.1. The quantitative estimate of drug-likeness (QED) is 0.448. The molecular weight excluding hydrogens is 470 g/mol. The molecule has 0 spiro atoms. The van der Waals surface area contributed by atoms with Gasteiger partial charge in [0, 0.05) is 26.1 Å². The number of carbonyl (C=O) groups is 3. The van der Waals surface area contributed by atoms with Crippen LogP contribution in [0.25, 0.3) is 0 Å². The standard InChI is InChI=1S/C29H35N3O3S/c1-20-9-12-23(13-10-20)18-30-26(33)7-5-4-6-15-31-28(34)27-25(14-16-36-27)32(29(31)35)19-24-17-21(2)8-11-22(24)3/h8-14,16-17,25,27H,4-7,15,18-19H2,1-3H3,(H,30,33). The van der Waals surface area contributed by atoms with Crippen molar-refractivity contribution >= 4 is 29.6 Å². The van der Waals surface area contributed by atoms with E-state index in [-0.39, 0.29) is 29.1 Å². The van der Waals surface area contributed by atoms with E-state index < -0.39 is 0 Å². The summed E-state index contributed by atoms with van der Waals surface area (Å²) in [4.78, 5) is 42.0. The summed E-state index contributed by atoms with van der Waals surface area (Å²) in [6.45, 7) is 7.55. The number of fused-ring (bicyclic) bond motifs is 1. The average molecular weight is 506 g/mol. The lowest BCUT2D eigenvalue weighted by molar-refractivity contribution is -0.131. The van der Waals surface area contributed by atoms with E-state index in [9.17, 15) is 14.4 Å². The number of carbonyl (C=O) groups excluding carboxylic acids is 3. The van der Waals surface area contributed by atoms with Crippen LogP contribution >= 0.6 is 11.8 Å². The largest absolute Gasteiger partial charge is 0.352 e. The highest BCUT2D eigenvalue weighted by Gasteiger charge is 2.46. The van der Waals surface area contributed by atoms with Gasteiger partial charge in [-0.1, -0.05) is 66.1 Å². The van der Waals surface area contributed by atoms with Crippen LogP contribution in [0.2, 0.25) is 0 Å². The van der Waals surface area contributed by atoms with Crippen LogP contribution in [-0.4, -0.2) is 45.5 Å². The molecule has 2 unspecified atom stereocenters. The van der Waals surface area contributed by atoms with E-state index in [0.717, 1.165) is 35.1 Å². The Labute approximate surface area is 218 Å². The average Bonchev–Trinajstić information content (AvgIpc) is 3.35. The van der Waals surface area contributed by atoms with Gasteiger partial charge in [0.25, 0.3) is 0 Å². The molecule has 7 heteroatoms. The summed E-state index contributed by atoms with van der Waals surface area (Å²) in [5.74, 6) is -0.0790. The molecule has 0 aliphatic carbocycles. The third-order valence-electron chi connectivity index (χ3n) is 6.90. The molecule has 2 atom stereocenters. The van der Waals surface area contributed by atoms with Crippen LogP contribution in [0.1, 0.15) is 53.5 Å². The Balaban J connectivity index is 1.27. The Hall–Kier alpha value is -3.06. The number of unbranched alkanes of at least 4 members (excludes halogenated alkanes) is 2. The lowest BCUT2D eigenvalue weighted by atomic mass is 10.0. The van der Waals surface area contributed by atoms with Gasteiger partial charge in [-0.05, 0) is 55.7 Å². The van der Waals surface area contributed by atoms with E-state index in [1.807, 2.05) is 54.5 Å². The molecule has 0 saturated carbocycles. The van der Waals surface area contributed by atoms with Crippen LogP contribution in [0, 0.1) is 20.8 Å². The highest BCUT2D eigenvalue weighted by molar-refractivity contribution is 8.03. The van der Waals surface area contributed by atoms with E-state index in [1.165, 1.54) is 22.2 Å². The first-order valence-corrected chi connectivity index (χ1v) is 13.6.